The minimum absolute atomic E-state index is 0.101. The second-order valence-electron chi connectivity index (χ2n) is 18.4. The minimum Gasteiger partial charge on any atom is -0.444 e. The largest absolute Gasteiger partial charge is 0.444 e. The molecule has 0 aromatic carbocycles. The van der Waals surface area contributed by atoms with Gasteiger partial charge in [-0.15, -0.1) is 0 Å². The third-order valence-corrected chi connectivity index (χ3v) is 11.2. The normalized spacial score (nSPS) is 18.9. The molecule has 336 valence electrons. The summed E-state index contributed by atoms with van der Waals surface area (Å²) in [4.78, 5) is 35.5. The van der Waals surface area contributed by atoms with Crippen LogP contribution in [0.1, 0.15) is 121 Å². The fraction of sp³-hybridized carbons (Fsp3) is 0.700. The molecule has 0 aliphatic carbocycles. The van der Waals surface area contributed by atoms with E-state index in [0.717, 1.165) is 76.6 Å². The van der Waals surface area contributed by atoms with Gasteiger partial charge in [0.05, 0.1) is 0 Å². The van der Waals surface area contributed by atoms with Crippen molar-refractivity contribution in [3.63, 3.8) is 0 Å². The summed E-state index contributed by atoms with van der Waals surface area (Å²) >= 11 is 0. The molecule has 2 aliphatic rings. The number of hydrogen-bond acceptors (Lipinski definition) is 12. The molecule has 2 unspecified atom stereocenters. The number of ether oxygens (including phenoxy) is 2. The van der Waals surface area contributed by atoms with Gasteiger partial charge in [0.2, 0.25) is 5.95 Å². The van der Waals surface area contributed by atoms with Crippen molar-refractivity contribution >= 4 is 38.1 Å². The topological polar surface area (TPSA) is 243 Å². The molecule has 0 bridgehead atoms. The number of aromatic nitrogens is 2. The highest BCUT2D eigenvalue weighted by Gasteiger charge is 2.43. The van der Waals surface area contributed by atoms with Crippen LogP contribution >= 0.6 is 0 Å². The van der Waals surface area contributed by atoms with E-state index in [1.807, 2.05) is 51.3 Å². The van der Waals surface area contributed by atoms with Crippen LogP contribution in [0.25, 0.3) is 0 Å². The Morgan fingerprint density at radius 3 is 1.56 bits per heavy atom. The number of unbranched alkanes of at least 4 members (excludes halogenated alkanes) is 2. The Bertz CT molecular complexity index is 1900. The molecule has 4 rings (SSSR count). The summed E-state index contributed by atoms with van der Waals surface area (Å²) in [6.07, 6.45) is 7.91. The van der Waals surface area contributed by atoms with Gasteiger partial charge in [-0.3, -0.25) is 0 Å². The number of nitrogens with two attached hydrogens (primary N) is 3. The van der Waals surface area contributed by atoms with E-state index in [2.05, 4.69) is 48.1 Å². The highest BCUT2D eigenvalue weighted by Crippen LogP contribution is 2.37. The molecule has 2 aliphatic heterocycles. The molecule has 0 saturated carbocycles. The van der Waals surface area contributed by atoms with Crippen LogP contribution in [0.15, 0.2) is 46.5 Å². The molecule has 0 spiro atoms. The number of amides is 2. The summed E-state index contributed by atoms with van der Waals surface area (Å²) in [5.74, 6) is 0.654. The van der Waals surface area contributed by atoms with Gasteiger partial charge in [0.1, 0.15) is 17.0 Å². The average molecular weight is 873 g/mol. The van der Waals surface area contributed by atoms with E-state index >= 15 is 0 Å². The number of nitrogens with one attached hydrogen (secondary N) is 1. The first-order valence-corrected chi connectivity index (χ1v) is 23.1. The van der Waals surface area contributed by atoms with Gasteiger partial charge in [0.15, 0.2) is 10.1 Å². The van der Waals surface area contributed by atoms with Crippen LogP contribution in [-0.4, -0.2) is 97.2 Å². The lowest BCUT2D eigenvalue weighted by atomic mass is 9.93. The molecule has 2 amide bonds. The number of nitrogens with zero attached hydrogens (tertiary/aromatic N) is 4. The van der Waals surface area contributed by atoms with Crippen LogP contribution in [0.5, 0.6) is 0 Å². The highest BCUT2D eigenvalue weighted by molar-refractivity contribution is 7.89. The molecular formula is C40H69FN8O8S2. The summed E-state index contributed by atoms with van der Waals surface area (Å²) in [6, 6.07) is 8.09. The van der Waals surface area contributed by atoms with E-state index < -0.39 is 42.2 Å². The van der Waals surface area contributed by atoms with Crippen LogP contribution in [0.2, 0.25) is 0 Å². The lowest BCUT2D eigenvalue weighted by Gasteiger charge is -2.33. The molecule has 2 atom stereocenters. The lowest BCUT2D eigenvalue weighted by Crippen LogP contribution is -2.45. The van der Waals surface area contributed by atoms with Crippen molar-refractivity contribution in [2.75, 3.05) is 31.5 Å². The molecular weight excluding hydrogens is 804 g/mol. The summed E-state index contributed by atoms with van der Waals surface area (Å²) in [5.41, 5.74) is 4.30. The van der Waals surface area contributed by atoms with E-state index in [4.69, 9.17) is 20.3 Å². The maximum Gasteiger partial charge on any atom is 0.410 e. The molecule has 2 aromatic rings. The number of primary sulfonamides is 2. The Hall–Kier alpha value is -3.65. The molecule has 2 fully saturated rings. The van der Waals surface area contributed by atoms with Crippen LogP contribution in [0, 0.1) is 17.8 Å². The fourth-order valence-corrected chi connectivity index (χ4v) is 7.99. The van der Waals surface area contributed by atoms with Crippen LogP contribution < -0.4 is 21.3 Å². The number of halogens is 1. The van der Waals surface area contributed by atoms with Crippen molar-refractivity contribution in [3.8, 4) is 0 Å². The number of anilines is 1. The maximum atomic E-state index is 12.5. The lowest BCUT2D eigenvalue weighted by molar-refractivity contribution is 0.0118. The average Bonchev–Trinajstić information content (AvgIpc) is 3.56. The molecule has 2 saturated heterocycles. The number of carbonyl (C=O) groups excluding carboxylic acids is 2. The van der Waals surface area contributed by atoms with Gasteiger partial charge in [-0.1, -0.05) is 25.0 Å². The number of rotatable bonds is 12. The monoisotopic (exact) mass is 872 g/mol. The zero-order valence-electron chi connectivity index (χ0n) is 36.6. The molecule has 2 aromatic heterocycles. The second-order valence-corrected chi connectivity index (χ2v) is 21.4. The van der Waals surface area contributed by atoms with Crippen molar-refractivity contribution in [2.45, 2.75) is 153 Å². The van der Waals surface area contributed by atoms with E-state index in [-0.39, 0.29) is 28.3 Å². The van der Waals surface area contributed by atoms with E-state index in [9.17, 15) is 30.8 Å². The molecule has 19 heteroatoms. The predicted octanol–water partition coefficient (Wildman–Crippen LogP) is 6.37. The van der Waals surface area contributed by atoms with Gasteiger partial charge in [-0.25, -0.2) is 46.7 Å². The summed E-state index contributed by atoms with van der Waals surface area (Å²) in [6.45, 7) is 22.8. The Morgan fingerprint density at radius 1 is 0.746 bits per heavy atom. The van der Waals surface area contributed by atoms with Gasteiger partial charge < -0.3 is 30.3 Å². The standard InChI is InChI=1S/C20H34N4O4S.C15H30N2O2.C5H5FN2O2S/c1-19(2,3)28-18(25)24-14-15(13-20(24,4)5)9-6-7-12-22-16-10-8-11-17(23-16)29(21,26)27;1-14(2,3)19-13(18)17-11-12(8-6-7-9-16)10-15(17,4)5;6-4-2-1-3-5(8-4)11(7,9)10/h8,10-11,15H,6-7,9,12-14H2,1-5H3,(H,22,23)(H2,21,26,27);12H,6-11,16H2,1-5H3;1-3H,(H2,7,9,10). The first kappa shape index (κ1) is 51.5. The third-order valence-electron chi connectivity index (χ3n) is 9.55. The number of hydrogen-bond donors (Lipinski definition) is 4. The molecule has 7 N–H and O–H groups in total. The van der Waals surface area contributed by atoms with Crippen LogP contribution in [-0.2, 0) is 29.5 Å². The first-order valence-electron chi connectivity index (χ1n) is 20.0. The third kappa shape index (κ3) is 18.7. The Balaban J connectivity index is 0.000000341. The number of pyridine rings is 2. The van der Waals surface area contributed by atoms with Crippen molar-refractivity contribution in [1.82, 2.24) is 19.8 Å². The minimum atomic E-state index is -3.88. The number of sulfonamides is 2. The quantitative estimate of drug-likeness (QED) is 0.134. The molecule has 4 heterocycles. The van der Waals surface area contributed by atoms with E-state index in [0.29, 0.717) is 30.7 Å². The van der Waals surface area contributed by atoms with Gasteiger partial charge >= 0.3 is 12.2 Å². The summed E-state index contributed by atoms with van der Waals surface area (Å²) < 4.78 is 67.1. The Morgan fingerprint density at radius 2 is 1.17 bits per heavy atom. The van der Waals surface area contributed by atoms with Crippen molar-refractivity contribution in [2.24, 2.45) is 27.8 Å². The van der Waals surface area contributed by atoms with Gasteiger partial charge in [0, 0.05) is 30.7 Å². The van der Waals surface area contributed by atoms with Crippen LogP contribution in [0.3, 0.4) is 0 Å². The van der Waals surface area contributed by atoms with Crippen molar-refractivity contribution in [3.05, 3.63) is 42.3 Å². The van der Waals surface area contributed by atoms with Crippen LogP contribution in [0.4, 0.5) is 19.8 Å². The van der Waals surface area contributed by atoms with Crippen molar-refractivity contribution < 1.29 is 40.3 Å². The second kappa shape index (κ2) is 21.2. The fourth-order valence-electron chi connectivity index (χ4n) is 7.01. The summed E-state index contributed by atoms with van der Waals surface area (Å²) in [5, 5.41) is 12.3. The van der Waals surface area contributed by atoms with E-state index in [1.54, 1.807) is 12.1 Å². The Labute approximate surface area is 351 Å². The summed E-state index contributed by atoms with van der Waals surface area (Å²) in [7, 11) is -7.68. The van der Waals surface area contributed by atoms with Crippen molar-refractivity contribution in [1.29, 1.82) is 0 Å². The maximum absolute atomic E-state index is 12.5. The number of likely N-dealkylation sites (tertiary alicyclic amines) is 2. The highest BCUT2D eigenvalue weighted by atomic mass is 32.2. The first-order chi connectivity index (χ1) is 26.9. The smallest absolute Gasteiger partial charge is 0.410 e. The van der Waals surface area contributed by atoms with Gasteiger partial charge in [-0.2, -0.15) is 4.39 Å². The van der Waals surface area contributed by atoms with Gasteiger partial charge in [-0.05, 0) is 150 Å². The molecule has 16 nitrogen and oxygen atoms in total. The SMILES string of the molecule is CC(C)(C)OC(=O)N1CC(CCCCN)CC1(C)C.CC(C)(C)OC(=O)N1CC(CCCCNc2cccc(S(N)(=O)=O)n2)CC1(C)C.NS(=O)(=O)c1cccc(F)n1. The Kier molecular flexibility index (Phi) is 18.5. The zero-order valence-corrected chi connectivity index (χ0v) is 38.2. The number of carbonyl (C=O) groups is 2. The molecule has 59 heavy (non-hydrogen) atoms. The molecule has 0 radical (unpaired) electrons. The zero-order chi connectivity index (χ0) is 45.0. The predicted molar refractivity (Wildman–Crippen MR) is 227 cm³/mol. The van der Waals surface area contributed by atoms with Gasteiger partial charge in [0.25, 0.3) is 20.0 Å². The van der Waals surface area contributed by atoms with E-state index in [1.165, 1.54) is 12.1 Å².